The van der Waals surface area contributed by atoms with Crippen LogP contribution in [0.25, 0.3) is 21.9 Å². The molecule has 0 saturated carbocycles. The number of ether oxygens (including phenoxy) is 1. The Morgan fingerprint density at radius 3 is 2.83 bits per heavy atom. The normalized spacial score (nSPS) is 18.3. The molecule has 1 fully saturated rings. The SMILES string of the molecule is CNC(=O)C1CN(C(C)c2cnc(N)c3cc(-c4cccc(F)c4)ccc23)CCO1. The first-order chi connectivity index (χ1) is 14.5. The van der Waals surface area contributed by atoms with Crippen molar-refractivity contribution >= 4 is 22.5 Å². The number of hydrogen-bond donors (Lipinski definition) is 2. The Bertz CT molecular complexity index is 1090. The number of likely N-dealkylation sites (N-methyl/N-ethyl adjacent to an activating group) is 1. The highest BCUT2D eigenvalue weighted by atomic mass is 19.1. The number of carbonyl (C=O) groups is 1. The summed E-state index contributed by atoms with van der Waals surface area (Å²) in [6.45, 7) is 3.82. The maximum atomic E-state index is 13.7. The molecule has 1 amide bonds. The van der Waals surface area contributed by atoms with Gasteiger partial charge in [-0.15, -0.1) is 0 Å². The van der Waals surface area contributed by atoms with E-state index in [1.54, 1.807) is 19.3 Å². The average molecular weight is 408 g/mol. The van der Waals surface area contributed by atoms with E-state index in [0.717, 1.165) is 34.0 Å². The summed E-state index contributed by atoms with van der Waals surface area (Å²) in [5, 5.41) is 4.48. The first-order valence-corrected chi connectivity index (χ1v) is 9.99. The number of carbonyl (C=O) groups excluding carboxylic acids is 1. The molecule has 1 aliphatic heterocycles. The van der Waals surface area contributed by atoms with Crippen molar-refractivity contribution < 1.29 is 13.9 Å². The summed E-state index contributed by atoms with van der Waals surface area (Å²) in [4.78, 5) is 18.6. The molecule has 3 aromatic rings. The lowest BCUT2D eigenvalue weighted by molar-refractivity contribution is -0.139. The fourth-order valence-electron chi connectivity index (χ4n) is 4.00. The van der Waals surface area contributed by atoms with Crippen molar-refractivity contribution in [1.82, 2.24) is 15.2 Å². The lowest BCUT2D eigenvalue weighted by atomic mass is 9.96. The quantitative estimate of drug-likeness (QED) is 0.693. The molecule has 1 aliphatic rings. The Labute approximate surface area is 174 Å². The van der Waals surface area contributed by atoms with Crippen LogP contribution in [-0.2, 0) is 9.53 Å². The number of hydrogen-bond acceptors (Lipinski definition) is 5. The summed E-state index contributed by atoms with van der Waals surface area (Å²) >= 11 is 0. The molecule has 156 valence electrons. The van der Waals surface area contributed by atoms with Gasteiger partial charge in [-0.25, -0.2) is 9.37 Å². The van der Waals surface area contributed by atoms with Crippen molar-refractivity contribution in [2.75, 3.05) is 32.5 Å². The van der Waals surface area contributed by atoms with Crippen LogP contribution in [0.2, 0.25) is 0 Å². The van der Waals surface area contributed by atoms with Crippen LogP contribution in [0.4, 0.5) is 10.2 Å². The molecule has 0 bridgehead atoms. The van der Waals surface area contributed by atoms with E-state index in [-0.39, 0.29) is 17.8 Å². The summed E-state index contributed by atoms with van der Waals surface area (Å²) in [7, 11) is 1.61. The number of rotatable bonds is 4. The maximum absolute atomic E-state index is 13.7. The summed E-state index contributed by atoms with van der Waals surface area (Å²) < 4.78 is 19.3. The predicted octanol–water partition coefficient (Wildman–Crippen LogP) is 3.13. The monoisotopic (exact) mass is 408 g/mol. The number of nitrogens with zero attached hydrogens (tertiary/aromatic N) is 2. The summed E-state index contributed by atoms with van der Waals surface area (Å²) in [5.41, 5.74) is 8.89. The van der Waals surface area contributed by atoms with Gasteiger partial charge in [0.15, 0.2) is 0 Å². The number of aromatic nitrogens is 1. The van der Waals surface area contributed by atoms with Crippen LogP contribution in [0.1, 0.15) is 18.5 Å². The molecule has 2 heterocycles. The third-order valence-electron chi connectivity index (χ3n) is 5.74. The standard InChI is InChI=1S/C23H25FN4O2/c1-14(28-8-9-30-21(13-28)23(29)26-2)20-12-27-22(25)19-11-16(6-7-18(19)20)15-4-3-5-17(24)10-15/h3-7,10-12,14,21H,8-9,13H2,1-2H3,(H2,25,27)(H,26,29). The third-order valence-corrected chi connectivity index (χ3v) is 5.74. The van der Waals surface area contributed by atoms with Gasteiger partial charge in [-0.1, -0.05) is 24.3 Å². The predicted molar refractivity (Wildman–Crippen MR) is 115 cm³/mol. The topological polar surface area (TPSA) is 80.5 Å². The number of benzene rings is 2. The van der Waals surface area contributed by atoms with Gasteiger partial charge in [0.25, 0.3) is 0 Å². The Kier molecular flexibility index (Phi) is 5.65. The van der Waals surface area contributed by atoms with Gasteiger partial charge >= 0.3 is 0 Å². The molecule has 0 spiro atoms. The molecule has 1 saturated heterocycles. The van der Waals surface area contributed by atoms with Crippen LogP contribution in [0.5, 0.6) is 0 Å². The van der Waals surface area contributed by atoms with E-state index in [1.807, 2.05) is 24.3 Å². The smallest absolute Gasteiger partial charge is 0.250 e. The van der Waals surface area contributed by atoms with Crippen molar-refractivity contribution in [2.45, 2.75) is 19.1 Å². The van der Waals surface area contributed by atoms with E-state index >= 15 is 0 Å². The van der Waals surface area contributed by atoms with E-state index < -0.39 is 6.10 Å². The van der Waals surface area contributed by atoms with Crippen LogP contribution < -0.4 is 11.1 Å². The lowest BCUT2D eigenvalue weighted by Gasteiger charge is -2.36. The molecule has 1 aromatic heterocycles. The second kappa shape index (κ2) is 8.38. The van der Waals surface area contributed by atoms with Crippen LogP contribution in [-0.4, -0.2) is 48.6 Å². The summed E-state index contributed by atoms with van der Waals surface area (Å²) in [6.07, 6.45) is 1.31. The van der Waals surface area contributed by atoms with Gasteiger partial charge in [-0.05, 0) is 47.2 Å². The average Bonchev–Trinajstić information content (AvgIpc) is 2.78. The number of nitrogens with two attached hydrogens (primary N) is 1. The minimum Gasteiger partial charge on any atom is -0.383 e. The first kappa shape index (κ1) is 20.3. The second-order valence-corrected chi connectivity index (χ2v) is 7.51. The molecule has 4 rings (SSSR count). The third kappa shape index (κ3) is 3.86. The molecule has 3 N–H and O–H groups in total. The zero-order valence-corrected chi connectivity index (χ0v) is 17.1. The highest BCUT2D eigenvalue weighted by Gasteiger charge is 2.29. The molecule has 30 heavy (non-hydrogen) atoms. The fourth-order valence-corrected chi connectivity index (χ4v) is 4.00. The number of morpholine rings is 1. The number of nitrogens with one attached hydrogen (secondary N) is 1. The molecule has 2 aromatic carbocycles. The van der Waals surface area contributed by atoms with E-state index in [9.17, 15) is 9.18 Å². The summed E-state index contributed by atoms with van der Waals surface area (Å²) in [5.74, 6) is 0.0374. The highest BCUT2D eigenvalue weighted by molar-refractivity contribution is 5.96. The molecule has 2 atom stereocenters. The van der Waals surface area contributed by atoms with Gasteiger partial charge < -0.3 is 15.8 Å². The van der Waals surface area contributed by atoms with Gasteiger partial charge in [0.05, 0.1) is 6.61 Å². The van der Waals surface area contributed by atoms with Gasteiger partial charge in [-0.3, -0.25) is 9.69 Å². The van der Waals surface area contributed by atoms with Crippen molar-refractivity contribution in [3.8, 4) is 11.1 Å². The zero-order chi connectivity index (χ0) is 21.3. The number of halogens is 1. The van der Waals surface area contributed by atoms with E-state index in [0.29, 0.717) is 19.0 Å². The number of fused-ring (bicyclic) bond motifs is 1. The van der Waals surface area contributed by atoms with Crippen molar-refractivity contribution in [2.24, 2.45) is 0 Å². The van der Waals surface area contributed by atoms with Crippen LogP contribution >= 0.6 is 0 Å². The highest BCUT2D eigenvalue weighted by Crippen LogP contribution is 2.33. The van der Waals surface area contributed by atoms with Gasteiger partial charge in [0.2, 0.25) is 5.91 Å². The number of amides is 1. The van der Waals surface area contributed by atoms with Gasteiger partial charge in [0.1, 0.15) is 17.7 Å². The molecule has 0 aliphatic carbocycles. The van der Waals surface area contributed by atoms with E-state index in [2.05, 4.69) is 22.1 Å². The maximum Gasteiger partial charge on any atom is 0.250 e. The minimum atomic E-state index is -0.487. The molecule has 7 heteroatoms. The first-order valence-electron chi connectivity index (χ1n) is 9.99. The summed E-state index contributed by atoms with van der Waals surface area (Å²) in [6, 6.07) is 12.4. The fraction of sp³-hybridized carbons (Fsp3) is 0.304. The van der Waals surface area contributed by atoms with Crippen LogP contribution in [0.3, 0.4) is 0 Å². The van der Waals surface area contributed by atoms with Crippen molar-refractivity contribution in [3.63, 3.8) is 0 Å². The number of anilines is 1. The molecule has 6 nitrogen and oxygen atoms in total. The van der Waals surface area contributed by atoms with Gasteiger partial charge in [-0.2, -0.15) is 0 Å². The Balaban J connectivity index is 1.69. The second-order valence-electron chi connectivity index (χ2n) is 7.51. The largest absolute Gasteiger partial charge is 0.383 e. The van der Waals surface area contributed by atoms with Crippen LogP contribution in [0, 0.1) is 5.82 Å². The molecule has 0 radical (unpaired) electrons. The van der Waals surface area contributed by atoms with Crippen molar-refractivity contribution in [1.29, 1.82) is 0 Å². The molecular weight excluding hydrogens is 383 g/mol. The van der Waals surface area contributed by atoms with E-state index in [1.165, 1.54) is 12.1 Å². The van der Waals surface area contributed by atoms with Crippen molar-refractivity contribution in [3.05, 3.63) is 60.0 Å². The minimum absolute atomic E-state index is 0.0247. The lowest BCUT2D eigenvalue weighted by Crippen LogP contribution is -2.49. The van der Waals surface area contributed by atoms with Gasteiger partial charge in [0, 0.05) is 37.8 Å². The molecular formula is C23H25FN4O2. The van der Waals surface area contributed by atoms with Crippen LogP contribution in [0.15, 0.2) is 48.7 Å². The number of pyridine rings is 1. The Hall–Kier alpha value is -3.03. The Morgan fingerprint density at radius 2 is 2.07 bits per heavy atom. The molecule has 2 unspecified atom stereocenters. The van der Waals surface area contributed by atoms with E-state index in [4.69, 9.17) is 10.5 Å². The number of nitrogen functional groups attached to an aromatic ring is 1. The zero-order valence-electron chi connectivity index (χ0n) is 17.1. The Morgan fingerprint density at radius 1 is 1.27 bits per heavy atom.